The molecule has 4 heteroatoms. The summed E-state index contributed by atoms with van der Waals surface area (Å²) in [6.45, 7) is 4.19. The van der Waals surface area contributed by atoms with Crippen molar-refractivity contribution in [3.05, 3.63) is 54.2 Å². The molecular weight excluding hydrogens is 264 g/mol. The van der Waals surface area contributed by atoms with E-state index in [1.165, 1.54) is 0 Å². The zero-order valence-electron chi connectivity index (χ0n) is 12.0. The van der Waals surface area contributed by atoms with Crippen LogP contribution in [-0.2, 0) is 11.3 Å². The number of ether oxygens (including phenoxy) is 1. The Labute approximate surface area is 123 Å². The fraction of sp³-hybridized carbons (Fsp3) is 0.235. The molecule has 0 bridgehead atoms. The normalized spacial score (nSPS) is 11.7. The van der Waals surface area contributed by atoms with Crippen molar-refractivity contribution in [3.8, 4) is 0 Å². The highest BCUT2D eigenvalue weighted by atomic mass is 16.5. The van der Waals surface area contributed by atoms with Gasteiger partial charge in [-0.15, -0.1) is 0 Å². The highest BCUT2D eigenvalue weighted by Gasteiger charge is 2.07. The summed E-state index contributed by atoms with van der Waals surface area (Å²) in [4.78, 5) is 4.67. The number of para-hydroxylation sites is 2. The SMILES string of the molecule is CCOCCn1c(/C=C/c2ccco2)nc2ccccc21. The standard InChI is InChI=1S/C17H18N2O2/c1-2-20-13-11-19-16-8-4-3-7-15(16)18-17(19)10-9-14-6-5-12-21-14/h3-10,12H,2,11,13H2,1H3/b10-9+. The smallest absolute Gasteiger partial charge is 0.134 e. The lowest BCUT2D eigenvalue weighted by Crippen LogP contribution is -2.07. The van der Waals surface area contributed by atoms with Gasteiger partial charge in [0, 0.05) is 13.2 Å². The zero-order valence-corrected chi connectivity index (χ0v) is 12.0. The minimum atomic E-state index is 0.679. The van der Waals surface area contributed by atoms with Gasteiger partial charge in [-0.05, 0) is 43.3 Å². The first kappa shape index (κ1) is 13.6. The molecule has 2 heterocycles. The van der Waals surface area contributed by atoms with Crippen LogP contribution in [0.5, 0.6) is 0 Å². The van der Waals surface area contributed by atoms with E-state index in [0.29, 0.717) is 6.61 Å². The Bertz CT molecular complexity index is 726. The summed E-state index contributed by atoms with van der Waals surface area (Å²) in [5.41, 5.74) is 2.12. The van der Waals surface area contributed by atoms with Crippen LogP contribution >= 0.6 is 0 Å². The molecule has 0 aliphatic heterocycles. The van der Waals surface area contributed by atoms with Gasteiger partial charge in [-0.1, -0.05) is 12.1 Å². The van der Waals surface area contributed by atoms with Crippen molar-refractivity contribution < 1.29 is 9.15 Å². The predicted octanol–water partition coefficient (Wildman–Crippen LogP) is 3.84. The zero-order chi connectivity index (χ0) is 14.5. The van der Waals surface area contributed by atoms with E-state index in [1.807, 2.05) is 49.4 Å². The number of nitrogens with zero attached hydrogens (tertiary/aromatic N) is 2. The van der Waals surface area contributed by atoms with E-state index in [9.17, 15) is 0 Å². The average molecular weight is 282 g/mol. The number of rotatable bonds is 6. The van der Waals surface area contributed by atoms with Crippen molar-refractivity contribution in [3.63, 3.8) is 0 Å². The molecular formula is C17H18N2O2. The monoisotopic (exact) mass is 282 g/mol. The number of hydrogen-bond acceptors (Lipinski definition) is 3. The number of fused-ring (bicyclic) bond motifs is 1. The molecule has 3 aromatic rings. The average Bonchev–Trinajstić information content (AvgIpc) is 3.13. The maximum absolute atomic E-state index is 5.47. The lowest BCUT2D eigenvalue weighted by Gasteiger charge is -2.06. The topological polar surface area (TPSA) is 40.2 Å². The molecule has 0 amide bonds. The van der Waals surface area contributed by atoms with Crippen LogP contribution in [0, 0.1) is 0 Å². The van der Waals surface area contributed by atoms with Gasteiger partial charge in [0.25, 0.3) is 0 Å². The lowest BCUT2D eigenvalue weighted by atomic mass is 10.3. The summed E-state index contributed by atoms with van der Waals surface area (Å²) >= 11 is 0. The van der Waals surface area contributed by atoms with E-state index in [1.54, 1.807) is 6.26 Å². The Morgan fingerprint density at radius 1 is 1.19 bits per heavy atom. The number of aromatic nitrogens is 2. The largest absolute Gasteiger partial charge is 0.465 e. The number of hydrogen-bond donors (Lipinski definition) is 0. The quantitative estimate of drug-likeness (QED) is 0.645. The van der Waals surface area contributed by atoms with Crippen LogP contribution in [-0.4, -0.2) is 22.8 Å². The predicted molar refractivity (Wildman–Crippen MR) is 83.9 cm³/mol. The minimum absolute atomic E-state index is 0.679. The molecule has 108 valence electrons. The van der Waals surface area contributed by atoms with Crippen molar-refractivity contribution in [2.45, 2.75) is 13.5 Å². The van der Waals surface area contributed by atoms with Gasteiger partial charge in [-0.25, -0.2) is 4.98 Å². The van der Waals surface area contributed by atoms with Crippen LogP contribution < -0.4 is 0 Å². The molecule has 0 N–H and O–H groups in total. The van der Waals surface area contributed by atoms with E-state index in [-0.39, 0.29) is 0 Å². The summed E-state index contributed by atoms with van der Waals surface area (Å²) in [7, 11) is 0. The van der Waals surface area contributed by atoms with Gasteiger partial charge in [0.05, 0.1) is 23.9 Å². The second-order valence-electron chi connectivity index (χ2n) is 4.66. The van der Waals surface area contributed by atoms with Gasteiger partial charge in [0.1, 0.15) is 11.6 Å². The molecule has 21 heavy (non-hydrogen) atoms. The summed E-state index contributed by atoms with van der Waals surface area (Å²) in [5, 5.41) is 0. The molecule has 0 spiro atoms. The number of benzene rings is 1. The highest BCUT2D eigenvalue weighted by Crippen LogP contribution is 2.18. The first-order valence-corrected chi connectivity index (χ1v) is 7.13. The van der Waals surface area contributed by atoms with E-state index in [2.05, 4.69) is 15.6 Å². The molecule has 0 atom stereocenters. The molecule has 0 radical (unpaired) electrons. The van der Waals surface area contributed by atoms with Gasteiger partial charge in [0.15, 0.2) is 0 Å². The van der Waals surface area contributed by atoms with Crippen molar-refractivity contribution in [2.75, 3.05) is 13.2 Å². The Hall–Kier alpha value is -2.33. The second-order valence-corrected chi connectivity index (χ2v) is 4.66. The third-order valence-electron chi connectivity index (χ3n) is 3.29. The fourth-order valence-electron chi connectivity index (χ4n) is 2.30. The Morgan fingerprint density at radius 2 is 2.10 bits per heavy atom. The fourth-order valence-corrected chi connectivity index (χ4v) is 2.30. The molecule has 0 saturated heterocycles. The molecule has 0 aliphatic rings. The third-order valence-corrected chi connectivity index (χ3v) is 3.29. The maximum atomic E-state index is 5.47. The van der Waals surface area contributed by atoms with E-state index >= 15 is 0 Å². The Balaban J connectivity index is 1.93. The van der Waals surface area contributed by atoms with Gasteiger partial charge in [0.2, 0.25) is 0 Å². The summed E-state index contributed by atoms with van der Waals surface area (Å²) in [5.74, 6) is 1.73. The molecule has 0 fully saturated rings. The minimum Gasteiger partial charge on any atom is -0.465 e. The van der Waals surface area contributed by atoms with Crippen LogP contribution in [0.3, 0.4) is 0 Å². The summed E-state index contributed by atoms with van der Waals surface area (Å²) in [6, 6.07) is 11.9. The third kappa shape index (κ3) is 3.06. The van der Waals surface area contributed by atoms with Crippen molar-refractivity contribution in [1.82, 2.24) is 9.55 Å². The Kier molecular flexibility index (Phi) is 4.17. The van der Waals surface area contributed by atoms with Crippen molar-refractivity contribution in [2.24, 2.45) is 0 Å². The van der Waals surface area contributed by atoms with Crippen molar-refractivity contribution in [1.29, 1.82) is 0 Å². The molecule has 1 aromatic carbocycles. The molecule has 4 nitrogen and oxygen atoms in total. The maximum Gasteiger partial charge on any atom is 0.134 e. The second kappa shape index (κ2) is 6.41. The molecule has 0 unspecified atom stereocenters. The molecule has 0 aliphatic carbocycles. The molecule has 2 aromatic heterocycles. The van der Waals surface area contributed by atoms with Gasteiger partial charge in [-0.3, -0.25) is 0 Å². The van der Waals surface area contributed by atoms with Crippen LogP contribution in [0.25, 0.3) is 23.2 Å². The number of imidazole rings is 1. The highest BCUT2D eigenvalue weighted by molar-refractivity contribution is 5.79. The van der Waals surface area contributed by atoms with E-state index in [0.717, 1.165) is 35.8 Å². The first-order valence-electron chi connectivity index (χ1n) is 7.13. The molecule has 0 saturated carbocycles. The van der Waals surface area contributed by atoms with Crippen LogP contribution in [0.1, 0.15) is 18.5 Å². The van der Waals surface area contributed by atoms with Crippen LogP contribution in [0.2, 0.25) is 0 Å². The van der Waals surface area contributed by atoms with Gasteiger partial charge >= 0.3 is 0 Å². The lowest BCUT2D eigenvalue weighted by molar-refractivity contribution is 0.139. The summed E-state index contributed by atoms with van der Waals surface area (Å²) in [6.07, 6.45) is 5.57. The first-order chi connectivity index (χ1) is 10.4. The molecule has 3 rings (SSSR count). The van der Waals surface area contributed by atoms with E-state index < -0.39 is 0 Å². The van der Waals surface area contributed by atoms with Crippen molar-refractivity contribution >= 4 is 23.2 Å². The van der Waals surface area contributed by atoms with Gasteiger partial charge < -0.3 is 13.7 Å². The number of furan rings is 1. The van der Waals surface area contributed by atoms with Crippen LogP contribution in [0.4, 0.5) is 0 Å². The van der Waals surface area contributed by atoms with Crippen LogP contribution in [0.15, 0.2) is 47.1 Å². The van der Waals surface area contributed by atoms with E-state index in [4.69, 9.17) is 9.15 Å². The van der Waals surface area contributed by atoms with Gasteiger partial charge in [-0.2, -0.15) is 0 Å². The summed E-state index contributed by atoms with van der Waals surface area (Å²) < 4.78 is 13.0. The Morgan fingerprint density at radius 3 is 2.90 bits per heavy atom.